The Labute approximate surface area is 155 Å². The molecule has 1 unspecified atom stereocenters. The van der Waals surface area contributed by atoms with Gasteiger partial charge in [0.05, 0.1) is 0 Å². The second-order valence-corrected chi connectivity index (χ2v) is 7.04. The van der Waals surface area contributed by atoms with E-state index < -0.39 is 0 Å². The van der Waals surface area contributed by atoms with E-state index in [9.17, 15) is 4.79 Å². The summed E-state index contributed by atoms with van der Waals surface area (Å²) in [6.45, 7) is 6.09. The SMILES string of the molecule is C=CC1C=C(C)CCC(=O)Cc2cccc(c2)Nc2cc(ccn2)CC1. The molecule has 0 amide bonds. The van der Waals surface area contributed by atoms with Gasteiger partial charge in [-0.2, -0.15) is 0 Å². The molecule has 0 radical (unpaired) electrons. The summed E-state index contributed by atoms with van der Waals surface area (Å²) < 4.78 is 0. The van der Waals surface area contributed by atoms with Crippen molar-refractivity contribution in [3.05, 3.63) is 78.0 Å². The average Bonchev–Trinajstić information content (AvgIpc) is 2.63. The van der Waals surface area contributed by atoms with Crippen molar-refractivity contribution < 1.29 is 4.79 Å². The number of pyridine rings is 1. The quantitative estimate of drug-likeness (QED) is 0.702. The van der Waals surface area contributed by atoms with Crippen LogP contribution in [-0.2, 0) is 17.6 Å². The lowest BCUT2D eigenvalue weighted by Crippen LogP contribution is -2.05. The average molecular weight is 346 g/mol. The van der Waals surface area contributed by atoms with Crippen molar-refractivity contribution in [2.75, 3.05) is 5.32 Å². The molecule has 1 aromatic carbocycles. The zero-order valence-corrected chi connectivity index (χ0v) is 15.4. The van der Waals surface area contributed by atoms with Crippen LogP contribution in [0.1, 0.15) is 37.3 Å². The number of hydrogen-bond acceptors (Lipinski definition) is 3. The minimum atomic E-state index is 0.275. The first-order chi connectivity index (χ1) is 12.6. The van der Waals surface area contributed by atoms with Crippen LogP contribution in [0.25, 0.3) is 0 Å². The van der Waals surface area contributed by atoms with Crippen LogP contribution in [0.2, 0.25) is 0 Å². The van der Waals surface area contributed by atoms with E-state index in [1.165, 1.54) is 11.1 Å². The van der Waals surface area contributed by atoms with E-state index in [-0.39, 0.29) is 5.78 Å². The maximum absolute atomic E-state index is 12.3. The van der Waals surface area contributed by atoms with Crippen molar-refractivity contribution in [3.8, 4) is 0 Å². The Hall–Kier alpha value is -2.68. The molecule has 3 nitrogen and oxygen atoms in total. The minimum absolute atomic E-state index is 0.275. The number of carbonyl (C=O) groups excluding carboxylic acids is 1. The topological polar surface area (TPSA) is 42.0 Å². The number of carbonyl (C=O) groups is 1. The monoisotopic (exact) mass is 346 g/mol. The molecule has 0 spiro atoms. The molecular formula is C23H26N2O. The number of ketones is 1. The Bertz CT molecular complexity index is 822. The van der Waals surface area contributed by atoms with E-state index in [0.29, 0.717) is 18.8 Å². The molecule has 1 aliphatic heterocycles. The van der Waals surface area contributed by atoms with Gasteiger partial charge in [0, 0.05) is 24.7 Å². The zero-order valence-electron chi connectivity index (χ0n) is 15.4. The van der Waals surface area contributed by atoms with E-state index in [0.717, 1.165) is 36.3 Å². The van der Waals surface area contributed by atoms with Gasteiger partial charge in [0.1, 0.15) is 11.6 Å². The molecule has 0 saturated carbocycles. The van der Waals surface area contributed by atoms with Crippen LogP contribution in [0.4, 0.5) is 11.5 Å². The van der Waals surface area contributed by atoms with Crippen LogP contribution in [0.5, 0.6) is 0 Å². The molecule has 1 N–H and O–H groups in total. The number of nitrogens with zero attached hydrogens (tertiary/aromatic N) is 1. The first-order valence-electron chi connectivity index (χ1n) is 9.25. The molecule has 4 bridgehead atoms. The van der Waals surface area contributed by atoms with Gasteiger partial charge in [-0.15, -0.1) is 6.58 Å². The van der Waals surface area contributed by atoms with E-state index in [4.69, 9.17) is 0 Å². The Morgan fingerprint density at radius 2 is 2.04 bits per heavy atom. The van der Waals surface area contributed by atoms with E-state index in [1.807, 2.05) is 36.5 Å². The number of nitrogens with one attached hydrogen (secondary N) is 1. The van der Waals surface area contributed by atoms with Gasteiger partial charge in [-0.05, 0) is 67.5 Å². The van der Waals surface area contributed by atoms with Crippen molar-refractivity contribution in [1.82, 2.24) is 4.98 Å². The molecule has 26 heavy (non-hydrogen) atoms. The lowest BCUT2D eigenvalue weighted by atomic mass is 9.95. The van der Waals surface area contributed by atoms with Crippen molar-refractivity contribution >= 4 is 17.3 Å². The van der Waals surface area contributed by atoms with Crippen LogP contribution in [0, 0.1) is 5.92 Å². The third-order valence-corrected chi connectivity index (χ3v) is 4.79. The predicted octanol–water partition coefficient (Wildman–Crippen LogP) is 5.41. The highest BCUT2D eigenvalue weighted by Gasteiger charge is 2.09. The van der Waals surface area contributed by atoms with Gasteiger partial charge < -0.3 is 5.32 Å². The number of benzene rings is 1. The van der Waals surface area contributed by atoms with Crippen molar-refractivity contribution in [1.29, 1.82) is 0 Å². The molecule has 1 atom stereocenters. The Morgan fingerprint density at radius 1 is 1.15 bits per heavy atom. The fraction of sp³-hybridized carbons (Fsp3) is 0.304. The van der Waals surface area contributed by atoms with Crippen LogP contribution in [0.15, 0.2) is 66.9 Å². The Morgan fingerprint density at radius 3 is 2.88 bits per heavy atom. The summed E-state index contributed by atoms with van der Waals surface area (Å²) in [5.74, 6) is 1.44. The largest absolute Gasteiger partial charge is 0.340 e. The van der Waals surface area contributed by atoms with Gasteiger partial charge in [0.2, 0.25) is 0 Å². The summed E-state index contributed by atoms with van der Waals surface area (Å²) >= 11 is 0. The molecule has 0 saturated heterocycles. The molecule has 3 heteroatoms. The summed E-state index contributed by atoms with van der Waals surface area (Å²) in [6.07, 6.45) is 9.96. The lowest BCUT2D eigenvalue weighted by Gasteiger charge is -2.13. The first-order valence-corrected chi connectivity index (χ1v) is 9.25. The van der Waals surface area contributed by atoms with Crippen LogP contribution in [-0.4, -0.2) is 10.8 Å². The fourth-order valence-corrected chi connectivity index (χ4v) is 3.31. The Balaban J connectivity index is 1.90. The standard InChI is InChI=1S/C23H26N2O/c1-3-18-8-9-19-11-12-24-23(16-19)25-21-6-4-5-20(14-21)15-22(26)10-7-17(2)13-18/h3-6,11-14,16,18H,1,7-10,15H2,2H3,(H,24,25). The van der Waals surface area contributed by atoms with E-state index >= 15 is 0 Å². The van der Waals surface area contributed by atoms with Gasteiger partial charge in [0.15, 0.2) is 0 Å². The number of anilines is 2. The summed E-state index contributed by atoms with van der Waals surface area (Å²) in [4.78, 5) is 16.8. The second-order valence-electron chi connectivity index (χ2n) is 7.04. The number of fused-ring (bicyclic) bond motifs is 4. The first kappa shape index (κ1) is 18.1. The lowest BCUT2D eigenvalue weighted by molar-refractivity contribution is -0.118. The van der Waals surface area contributed by atoms with Crippen LogP contribution in [0.3, 0.4) is 0 Å². The molecule has 2 aromatic rings. The molecule has 3 rings (SSSR count). The highest BCUT2D eigenvalue weighted by Crippen LogP contribution is 2.21. The molecular weight excluding hydrogens is 320 g/mol. The summed E-state index contributed by atoms with van der Waals surface area (Å²) in [5, 5.41) is 3.36. The summed E-state index contributed by atoms with van der Waals surface area (Å²) in [5.41, 5.74) is 4.53. The van der Waals surface area contributed by atoms with Crippen LogP contribution < -0.4 is 5.32 Å². The molecule has 1 aliphatic rings. The number of aromatic nitrogens is 1. The number of Topliss-reactive ketones (excluding diaryl/α,β-unsaturated/α-hetero) is 1. The normalized spacial score (nSPS) is 18.6. The fourth-order valence-electron chi connectivity index (χ4n) is 3.31. The highest BCUT2D eigenvalue weighted by molar-refractivity contribution is 5.81. The Kier molecular flexibility index (Phi) is 6.00. The molecule has 2 heterocycles. The van der Waals surface area contributed by atoms with Gasteiger partial charge in [0.25, 0.3) is 0 Å². The number of hydrogen-bond donors (Lipinski definition) is 1. The van der Waals surface area contributed by atoms with Gasteiger partial charge in [-0.1, -0.05) is 29.9 Å². The molecule has 134 valence electrons. The highest BCUT2D eigenvalue weighted by atomic mass is 16.1. The van der Waals surface area contributed by atoms with Gasteiger partial charge >= 0.3 is 0 Å². The van der Waals surface area contributed by atoms with E-state index in [1.54, 1.807) is 0 Å². The van der Waals surface area contributed by atoms with Gasteiger partial charge in [-0.25, -0.2) is 4.98 Å². The number of rotatable bonds is 1. The molecule has 0 aliphatic carbocycles. The van der Waals surface area contributed by atoms with Crippen molar-refractivity contribution in [3.63, 3.8) is 0 Å². The number of allylic oxidation sites excluding steroid dienone is 3. The second kappa shape index (κ2) is 8.61. The minimum Gasteiger partial charge on any atom is -0.340 e. The van der Waals surface area contributed by atoms with Gasteiger partial charge in [-0.3, -0.25) is 4.79 Å². The number of aryl methyl sites for hydroxylation is 1. The smallest absolute Gasteiger partial charge is 0.137 e. The maximum atomic E-state index is 12.3. The summed E-state index contributed by atoms with van der Waals surface area (Å²) in [6, 6.07) is 12.2. The molecule has 1 aromatic heterocycles. The summed E-state index contributed by atoms with van der Waals surface area (Å²) in [7, 11) is 0. The van der Waals surface area contributed by atoms with Crippen molar-refractivity contribution in [2.24, 2.45) is 5.92 Å². The maximum Gasteiger partial charge on any atom is 0.137 e. The third-order valence-electron chi connectivity index (χ3n) is 4.79. The van der Waals surface area contributed by atoms with E-state index in [2.05, 4.69) is 42.0 Å². The molecule has 0 fully saturated rings. The predicted molar refractivity (Wildman–Crippen MR) is 108 cm³/mol. The zero-order chi connectivity index (χ0) is 18.4. The van der Waals surface area contributed by atoms with Crippen LogP contribution >= 0.6 is 0 Å². The third kappa shape index (κ3) is 5.16. The van der Waals surface area contributed by atoms with Crippen molar-refractivity contribution in [2.45, 2.75) is 39.0 Å².